The average Bonchev–Trinajstić information content (AvgIpc) is 2.35. The van der Waals surface area contributed by atoms with Crippen LogP contribution in [0.1, 0.15) is 34.1 Å². The summed E-state index contributed by atoms with van der Waals surface area (Å²) < 4.78 is 5.48. The summed E-state index contributed by atoms with van der Waals surface area (Å²) in [5, 5.41) is 3.24. The van der Waals surface area contributed by atoms with Gasteiger partial charge in [0.05, 0.1) is 17.7 Å². The van der Waals surface area contributed by atoms with Crippen LogP contribution >= 0.6 is 11.6 Å². The number of ether oxygens (including phenoxy) is 1. The number of halogens is 1. The van der Waals surface area contributed by atoms with Gasteiger partial charge in [0.15, 0.2) is 0 Å². The van der Waals surface area contributed by atoms with E-state index in [0.717, 1.165) is 6.42 Å². The zero-order valence-electron chi connectivity index (χ0n) is 12.5. The highest BCUT2D eigenvalue weighted by Crippen LogP contribution is 2.28. The van der Waals surface area contributed by atoms with Crippen LogP contribution in [-0.2, 0) is 4.79 Å². The van der Waals surface area contributed by atoms with Gasteiger partial charge in [0.2, 0.25) is 5.91 Å². The molecule has 0 saturated carbocycles. The van der Waals surface area contributed by atoms with E-state index >= 15 is 0 Å². The van der Waals surface area contributed by atoms with Gasteiger partial charge in [0, 0.05) is 5.69 Å². The summed E-state index contributed by atoms with van der Waals surface area (Å²) in [5.74, 6) is 0.391. The van der Waals surface area contributed by atoms with Crippen LogP contribution in [-0.4, -0.2) is 18.6 Å². The smallest absolute Gasteiger partial charge is 0.241 e. The number of anilines is 1. The molecule has 0 fully saturated rings. The van der Waals surface area contributed by atoms with Crippen LogP contribution in [0.2, 0.25) is 5.02 Å². The van der Waals surface area contributed by atoms with Crippen molar-refractivity contribution >= 4 is 23.2 Å². The first-order chi connectivity index (χ1) is 9.25. The van der Waals surface area contributed by atoms with Gasteiger partial charge in [-0.05, 0) is 30.0 Å². The average molecular weight is 299 g/mol. The summed E-state index contributed by atoms with van der Waals surface area (Å²) in [6.45, 7) is 8.40. The van der Waals surface area contributed by atoms with Crippen LogP contribution in [0.3, 0.4) is 0 Å². The summed E-state index contributed by atoms with van der Waals surface area (Å²) >= 11 is 6.11. The molecule has 0 radical (unpaired) electrons. The molecule has 0 bridgehead atoms. The Morgan fingerprint density at radius 2 is 2.10 bits per heavy atom. The third-order valence-corrected chi connectivity index (χ3v) is 3.17. The molecular weight excluding hydrogens is 276 g/mol. The maximum absolute atomic E-state index is 12.0. The van der Waals surface area contributed by atoms with Crippen molar-refractivity contribution in [2.45, 2.75) is 40.2 Å². The van der Waals surface area contributed by atoms with Crippen molar-refractivity contribution < 1.29 is 9.53 Å². The Labute approximate surface area is 125 Å². The lowest BCUT2D eigenvalue weighted by atomic mass is 9.87. The van der Waals surface area contributed by atoms with E-state index in [2.05, 4.69) is 5.32 Å². The summed E-state index contributed by atoms with van der Waals surface area (Å²) in [6.07, 6.45) is 0.912. The second-order valence-corrected chi connectivity index (χ2v) is 6.23. The van der Waals surface area contributed by atoms with Crippen LogP contribution in [0.15, 0.2) is 18.2 Å². The molecule has 0 spiro atoms. The molecule has 1 aromatic rings. The number of hydrogen-bond acceptors (Lipinski definition) is 3. The van der Waals surface area contributed by atoms with Gasteiger partial charge in [-0.2, -0.15) is 0 Å². The van der Waals surface area contributed by atoms with Gasteiger partial charge in [-0.1, -0.05) is 39.3 Å². The highest BCUT2D eigenvalue weighted by atomic mass is 35.5. The van der Waals surface area contributed by atoms with Crippen molar-refractivity contribution in [2.75, 3.05) is 11.9 Å². The molecule has 0 saturated heterocycles. The quantitative estimate of drug-likeness (QED) is 0.875. The third kappa shape index (κ3) is 4.69. The lowest BCUT2D eigenvalue weighted by molar-refractivity contribution is -0.119. The molecule has 4 nitrogen and oxygen atoms in total. The summed E-state index contributed by atoms with van der Waals surface area (Å²) in [5.41, 5.74) is 6.23. The van der Waals surface area contributed by atoms with E-state index < -0.39 is 6.04 Å². The first-order valence-electron chi connectivity index (χ1n) is 6.74. The topological polar surface area (TPSA) is 64.3 Å². The Morgan fingerprint density at radius 3 is 2.60 bits per heavy atom. The Hall–Kier alpha value is -1.26. The Bertz CT molecular complexity index is 469. The second-order valence-electron chi connectivity index (χ2n) is 5.83. The van der Waals surface area contributed by atoms with Crippen LogP contribution in [0, 0.1) is 5.41 Å². The highest BCUT2D eigenvalue weighted by molar-refractivity contribution is 6.32. The van der Waals surface area contributed by atoms with Gasteiger partial charge in [-0.25, -0.2) is 0 Å². The number of carbonyl (C=O) groups is 1. The number of benzene rings is 1. The largest absolute Gasteiger partial charge is 0.492 e. The van der Waals surface area contributed by atoms with Gasteiger partial charge in [0.25, 0.3) is 0 Å². The molecule has 5 heteroatoms. The Morgan fingerprint density at radius 1 is 1.45 bits per heavy atom. The second kappa shape index (κ2) is 6.95. The molecule has 1 aromatic carbocycles. The van der Waals surface area contributed by atoms with E-state index in [1.807, 2.05) is 27.7 Å². The molecule has 1 amide bonds. The maximum Gasteiger partial charge on any atom is 0.241 e. The molecule has 0 unspecified atom stereocenters. The summed E-state index contributed by atoms with van der Waals surface area (Å²) in [6, 6.07) is 4.58. The fourth-order valence-electron chi connectivity index (χ4n) is 1.52. The highest BCUT2D eigenvalue weighted by Gasteiger charge is 2.27. The number of amides is 1. The lowest BCUT2D eigenvalue weighted by Gasteiger charge is -2.25. The fraction of sp³-hybridized carbons (Fsp3) is 0.533. The van der Waals surface area contributed by atoms with Crippen LogP contribution in [0.25, 0.3) is 0 Å². The van der Waals surface area contributed by atoms with Crippen LogP contribution in [0.4, 0.5) is 5.69 Å². The molecule has 1 atom stereocenters. The predicted octanol–water partition coefficient (Wildman–Crippen LogP) is 3.44. The van der Waals surface area contributed by atoms with E-state index in [0.29, 0.717) is 23.1 Å². The zero-order chi connectivity index (χ0) is 15.3. The minimum absolute atomic E-state index is 0.226. The van der Waals surface area contributed by atoms with Gasteiger partial charge >= 0.3 is 0 Å². The van der Waals surface area contributed by atoms with E-state index in [4.69, 9.17) is 22.1 Å². The Kier molecular flexibility index (Phi) is 5.84. The molecule has 0 aliphatic carbocycles. The summed E-state index contributed by atoms with van der Waals surface area (Å²) in [7, 11) is 0. The van der Waals surface area contributed by atoms with Crippen molar-refractivity contribution in [1.82, 2.24) is 0 Å². The molecule has 112 valence electrons. The first kappa shape index (κ1) is 16.8. The number of nitrogens with one attached hydrogen (secondary N) is 1. The first-order valence-corrected chi connectivity index (χ1v) is 7.12. The molecule has 0 aliphatic rings. The minimum atomic E-state index is -0.586. The molecular formula is C15H23ClN2O2. The predicted molar refractivity (Wildman–Crippen MR) is 83.3 cm³/mol. The summed E-state index contributed by atoms with van der Waals surface area (Å²) in [4.78, 5) is 12.0. The molecule has 3 N–H and O–H groups in total. The lowest BCUT2D eigenvalue weighted by Crippen LogP contribution is -2.45. The van der Waals surface area contributed by atoms with Gasteiger partial charge in [-0.3, -0.25) is 4.79 Å². The zero-order valence-corrected chi connectivity index (χ0v) is 13.3. The molecule has 1 rings (SSSR count). The minimum Gasteiger partial charge on any atom is -0.492 e. The van der Waals surface area contributed by atoms with E-state index in [9.17, 15) is 4.79 Å². The van der Waals surface area contributed by atoms with Crippen molar-refractivity contribution in [3.63, 3.8) is 0 Å². The fourth-order valence-corrected chi connectivity index (χ4v) is 1.76. The maximum atomic E-state index is 12.0. The monoisotopic (exact) mass is 298 g/mol. The van der Waals surface area contributed by atoms with E-state index in [1.54, 1.807) is 18.2 Å². The molecule has 0 aromatic heterocycles. The van der Waals surface area contributed by atoms with Crippen molar-refractivity contribution in [2.24, 2.45) is 11.1 Å². The van der Waals surface area contributed by atoms with E-state index in [1.165, 1.54) is 0 Å². The van der Waals surface area contributed by atoms with E-state index in [-0.39, 0.29) is 11.3 Å². The number of hydrogen-bond donors (Lipinski definition) is 2. The third-order valence-electron chi connectivity index (χ3n) is 2.88. The van der Waals surface area contributed by atoms with Crippen molar-refractivity contribution in [3.8, 4) is 5.75 Å². The SMILES string of the molecule is CCCOc1ccc(NC(=O)[C@@H](N)C(C)(C)C)cc1Cl. The molecule has 0 aliphatic heterocycles. The normalized spacial score (nSPS) is 12.9. The van der Waals surface area contributed by atoms with Crippen LogP contribution < -0.4 is 15.8 Å². The van der Waals surface area contributed by atoms with Gasteiger partial charge in [0.1, 0.15) is 5.75 Å². The standard InChI is InChI=1S/C15H23ClN2O2/c1-5-8-20-12-7-6-10(9-11(12)16)18-14(19)13(17)15(2,3)4/h6-7,9,13H,5,8,17H2,1-4H3,(H,18,19)/t13-/m1/s1. The molecule has 20 heavy (non-hydrogen) atoms. The number of rotatable bonds is 5. The van der Waals surface area contributed by atoms with Gasteiger partial charge < -0.3 is 15.8 Å². The van der Waals surface area contributed by atoms with Gasteiger partial charge in [-0.15, -0.1) is 0 Å². The van der Waals surface area contributed by atoms with Crippen molar-refractivity contribution in [1.29, 1.82) is 0 Å². The van der Waals surface area contributed by atoms with Crippen molar-refractivity contribution in [3.05, 3.63) is 23.2 Å². The molecule has 0 heterocycles. The number of nitrogens with two attached hydrogens (primary N) is 1. The van der Waals surface area contributed by atoms with Crippen LogP contribution in [0.5, 0.6) is 5.75 Å². The Balaban J connectivity index is 2.74. The number of carbonyl (C=O) groups excluding carboxylic acids is 1.